The molecule has 0 spiro atoms. The third-order valence-electron chi connectivity index (χ3n) is 7.09. The van der Waals surface area contributed by atoms with Crippen molar-refractivity contribution in [1.82, 2.24) is 14.7 Å². The molecule has 0 N–H and O–H groups in total. The van der Waals surface area contributed by atoms with Gasteiger partial charge in [-0.25, -0.2) is 0 Å². The topological polar surface area (TPSA) is 53.1 Å². The summed E-state index contributed by atoms with van der Waals surface area (Å²) in [7, 11) is 1.68. The SMILES string of the molecule is COc1ccc(CCN2CCN(C(=O)C3CCCN(C(=O)c4cc(C)cc(C)c4)C3)CC2)cc1. The molecule has 6 nitrogen and oxygen atoms in total. The lowest BCUT2D eigenvalue weighted by Crippen LogP contribution is -2.53. The molecule has 2 aromatic carbocycles. The van der Waals surface area contributed by atoms with E-state index in [-0.39, 0.29) is 17.7 Å². The number of amides is 2. The van der Waals surface area contributed by atoms with Gasteiger partial charge in [-0.3, -0.25) is 14.5 Å². The number of benzene rings is 2. The maximum atomic E-state index is 13.3. The van der Waals surface area contributed by atoms with Crippen molar-refractivity contribution in [3.05, 3.63) is 64.7 Å². The number of ether oxygens (including phenoxy) is 1. The second-order valence-electron chi connectivity index (χ2n) is 9.73. The van der Waals surface area contributed by atoms with Crippen molar-refractivity contribution >= 4 is 11.8 Å². The zero-order valence-electron chi connectivity index (χ0n) is 20.8. The van der Waals surface area contributed by atoms with Crippen LogP contribution in [0.25, 0.3) is 0 Å². The second kappa shape index (κ2) is 11.0. The first-order chi connectivity index (χ1) is 16.4. The van der Waals surface area contributed by atoms with Gasteiger partial charge in [0.05, 0.1) is 13.0 Å². The van der Waals surface area contributed by atoms with E-state index in [1.54, 1.807) is 7.11 Å². The Hall–Kier alpha value is -2.86. The highest BCUT2D eigenvalue weighted by atomic mass is 16.5. The Morgan fingerprint density at radius 2 is 1.59 bits per heavy atom. The highest BCUT2D eigenvalue weighted by Gasteiger charge is 2.33. The van der Waals surface area contributed by atoms with E-state index in [0.29, 0.717) is 6.54 Å². The van der Waals surface area contributed by atoms with Crippen LogP contribution in [-0.4, -0.2) is 79.4 Å². The molecule has 2 aromatic rings. The summed E-state index contributed by atoms with van der Waals surface area (Å²) < 4.78 is 5.23. The quantitative estimate of drug-likeness (QED) is 0.658. The Morgan fingerprint density at radius 3 is 2.24 bits per heavy atom. The number of hydrogen-bond donors (Lipinski definition) is 0. The van der Waals surface area contributed by atoms with Crippen LogP contribution in [0.5, 0.6) is 5.75 Å². The summed E-state index contributed by atoms with van der Waals surface area (Å²) in [5.41, 5.74) is 4.22. The van der Waals surface area contributed by atoms with Crippen molar-refractivity contribution in [3.8, 4) is 5.75 Å². The number of piperazine rings is 1. The van der Waals surface area contributed by atoms with Crippen LogP contribution in [0.1, 0.15) is 39.9 Å². The van der Waals surface area contributed by atoms with Crippen LogP contribution in [0, 0.1) is 19.8 Å². The maximum Gasteiger partial charge on any atom is 0.253 e. The van der Waals surface area contributed by atoms with Gasteiger partial charge in [0.25, 0.3) is 5.91 Å². The fraction of sp³-hybridized carbons (Fsp3) is 0.500. The zero-order valence-corrected chi connectivity index (χ0v) is 20.8. The molecule has 2 fully saturated rings. The van der Waals surface area contributed by atoms with Crippen LogP contribution in [0.15, 0.2) is 42.5 Å². The Bertz CT molecular complexity index is 976. The molecule has 4 rings (SSSR count). The largest absolute Gasteiger partial charge is 0.497 e. The lowest BCUT2D eigenvalue weighted by molar-refractivity contribution is -0.138. The van der Waals surface area contributed by atoms with Gasteiger partial charge in [-0.15, -0.1) is 0 Å². The highest BCUT2D eigenvalue weighted by molar-refractivity contribution is 5.95. The Labute approximate surface area is 203 Å². The molecule has 6 heteroatoms. The molecule has 0 saturated carbocycles. The monoisotopic (exact) mass is 463 g/mol. The molecular formula is C28H37N3O3. The van der Waals surface area contributed by atoms with Crippen LogP contribution in [0.2, 0.25) is 0 Å². The van der Waals surface area contributed by atoms with Gasteiger partial charge in [-0.1, -0.05) is 29.3 Å². The van der Waals surface area contributed by atoms with Crippen LogP contribution < -0.4 is 4.74 Å². The first-order valence-electron chi connectivity index (χ1n) is 12.4. The summed E-state index contributed by atoms with van der Waals surface area (Å²) in [6.07, 6.45) is 2.75. The molecule has 2 aliphatic heterocycles. The van der Waals surface area contributed by atoms with E-state index >= 15 is 0 Å². The third-order valence-corrected chi connectivity index (χ3v) is 7.09. The standard InChI is InChI=1S/C28H37N3O3/c1-21-17-22(2)19-25(18-21)28(33)31-11-4-5-24(20-31)27(32)30-15-13-29(14-16-30)12-10-23-6-8-26(34-3)9-7-23/h6-9,17-19,24H,4-5,10-16,20H2,1-3H3. The number of nitrogens with zero attached hydrogens (tertiary/aromatic N) is 3. The number of carbonyl (C=O) groups is 2. The lowest BCUT2D eigenvalue weighted by atomic mass is 9.95. The van der Waals surface area contributed by atoms with E-state index in [1.807, 2.05) is 47.9 Å². The molecule has 0 radical (unpaired) electrons. The van der Waals surface area contributed by atoms with E-state index in [2.05, 4.69) is 23.1 Å². The Morgan fingerprint density at radius 1 is 0.912 bits per heavy atom. The normalized spacial score (nSPS) is 19.2. The molecule has 0 aliphatic carbocycles. The van der Waals surface area contributed by atoms with E-state index < -0.39 is 0 Å². The first-order valence-corrected chi connectivity index (χ1v) is 12.4. The minimum Gasteiger partial charge on any atom is -0.497 e. The first kappa shape index (κ1) is 24.3. The summed E-state index contributed by atoms with van der Waals surface area (Å²) in [5.74, 6) is 1.06. The summed E-state index contributed by atoms with van der Waals surface area (Å²) >= 11 is 0. The molecule has 0 aromatic heterocycles. The van der Waals surface area contributed by atoms with Gasteiger partial charge in [-0.05, 0) is 62.9 Å². The van der Waals surface area contributed by atoms with Crippen molar-refractivity contribution in [2.24, 2.45) is 5.92 Å². The molecule has 1 atom stereocenters. The molecule has 2 saturated heterocycles. The van der Waals surface area contributed by atoms with Gasteiger partial charge in [0.2, 0.25) is 5.91 Å². The van der Waals surface area contributed by atoms with Gasteiger partial charge in [0.1, 0.15) is 5.75 Å². The van der Waals surface area contributed by atoms with Crippen LogP contribution >= 0.6 is 0 Å². The number of piperidine rings is 1. The zero-order chi connectivity index (χ0) is 24.1. The summed E-state index contributed by atoms with van der Waals surface area (Å²) in [4.78, 5) is 32.7. The molecule has 1 unspecified atom stereocenters. The molecule has 2 heterocycles. The molecule has 182 valence electrons. The van der Waals surface area contributed by atoms with Gasteiger partial charge in [0, 0.05) is 51.4 Å². The van der Waals surface area contributed by atoms with Gasteiger partial charge >= 0.3 is 0 Å². The number of aryl methyl sites for hydroxylation is 2. The third kappa shape index (κ3) is 5.98. The Kier molecular flexibility index (Phi) is 7.88. The summed E-state index contributed by atoms with van der Waals surface area (Å²) in [6.45, 7) is 9.63. The maximum absolute atomic E-state index is 13.3. The van der Waals surface area contributed by atoms with Crippen molar-refractivity contribution in [3.63, 3.8) is 0 Å². The predicted molar refractivity (Wildman–Crippen MR) is 134 cm³/mol. The Balaban J connectivity index is 1.26. The van der Waals surface area contributed by atoms with Crippen molar-refractivity contribution in [2.75, 3.05) is 52.9 Å². The van der Waals surface area contributed by atoms with Gasteiger partial charge in [-0.2, -0.15) is 0 Å². The minimum absolute atomic E-state index is 0.0488. The van der Waals surface area contributed by atoms with E-state index in [4.69, 9.17) is 4.74 Å². The highest BCUT2D eigenvalue weighted by Crippen LogP contribution is 2.22. The smallest absolute Gasteiger partial charge is 0.253 e. The average Bonchev–Trinajstić information content (AvgIpc) is 2.86. The number of rotatable bonds is 6. The molecule has 2 amide bonds. The molecular weight excluding hydrogens is 426 g/mol. The van der Waals surface area contributed by atoms with E-state index in [1.165, 1.54) is 5.56 Å². The summed E-state index contributed by atoms with van der Waals surface area (Å²) in [6, 6.07) is 14.2. The van der Waals surface area contributed by atoms with Crippen molar-refractivity contribution in [2.45, 2.75) is 33.1 Å². The molecule has 0 bridgehead atoms. The van der Waals surface area contributed by atoms with Gasteiger partial charge < -0.3 is 14.5 Å². The average molecular weight is 464 g/mol. The van der Waals surface area contributed by atoms with Crippen molar-refractivity contribution in [1.29, 1.82) is 0 Å². The van der Waals surface area contributed by atoms with E-state index in [9.17, 15) is 9.59 Å². The molecule has 2 aliphatic rings. The van der Waals surface area contributed by atoms with Crippen molar-refractivity contribution < 1.29 is 14.3 Å². The second-order valence-corrected chi connectivity index (χ2v) is 9.73. The van der Waals surface area contributed by atoms with Crippen LogP contribution in [-0.2, 0) is 11.2 Å². The van der Waals surface area contributed by atoms with Gasteiger partial charge in [0.15, 0.2) is 0 Å². The lowest BCUT2D eigenvalue weighted by Gasteiger charge is -2.39. The van der Waals surface area contributed by atoms with Crippen LogP contribution in [0.3, 0.4) is 0 Å². The molecule has 34 heavy (non-hydrogen) atoms. The number of methoxy groups -OCH3 is 1. The fourth-order valence-electron chi connectivity index (χ4n) is 5.17. The summed E-state index contributed by atoms with van der Waals surface area (Å²) in [5, 5.41) is 0. The number of carbonyl (C=O) groups excluding carboxylic acids is 2. The van der Waals surface area contributed by atoms with Crippen LogP contribution in [0.4, 0.5) is 0 Å². The van der Waals surface area contributed by atoms with E-state index in [0.717, 1.165) is 81.0 Å². The predicted octanol–water partition coefficient (Wildman–Crippen LogP) is 3.55. The number of likely N-dealkylation sites (tertiary alicyclic amines) is 1. The minimum atomic E-state index is -0.0885. The number of hydrogen-bond acceptors (Lipinski definition) is 4. The fourth-order valence-corrected chi connectivity index (χ4v) is 5.17.